The minimum atomic E-state index is 0.0105. The van der Waals surface area contributed by atoms with Crippen LogP contribution in [0, 0.1) is 17.8 Å². The summed E-state index contributed by atoms with van der Waals surface area (Å²) in [6, 6.07) is 0.403. The molecule has 1 amide bonds. The number of nitrogens with zero attached hydrogens (tertiary/aromatic N) is 2. The third-order valence-electron chi connectivity index (χ3n) is 4.28. The number of amides is 1. The van der Waals surface area contributed by atoms with Gasteiger partial charge >= 0.3 is 0 Å². The number of carbonyl (C=O) groups excluding carboxylic acids is 1. The van der Waals surface area contributed by atoms with E-state index in [1.807, 2.05) is 13.8 Å². The minimum Gasteiger partial charge on any atom is -0.327 e. The molecule has 3 N–H and O–H groups in total. The third kappa shape index (κ3) is 2.25. The molecule has 1 heterocycles. The standard InChI is InChI=1S/C13H19ClN4O/c1-6(2)18-5-10(14)12(17-18)16-13(19)9-4-11(15)8-3-7(8)9/h5-9,11H,3-4,15H2,1-2H3,(H,16,17,19)/t7-,8+,9-,11+/m1/s1. The Labute approximate surface area is 117 Å². The van der Waals surface area contributed by atoms with Crippen molar-refractivity contribution in [3.8, 4) is 0 Å². The fraction of sp³-hybridized carbons (Fsp3) is 0.692. The van der Waals surface area contributed by atoms with Crippen LogP contribution in [0.15, 0.2) is 6.20 Å². The lowest BCUT2D eigenvalue weighted by atomic mass is 10.0. The van der Waals surface area contributed by atoms with Gasteiger partial charge in [-0.2, -0.15) is 5.10 Å². The first-order valence-corrected chi connectivity index (χ1v) is 7.16. The van der Waals surface area contributed by atoms with Crippen LogP contribution in [0.2, 0.25) is 5.02 Å². The van der Waals surface area contributed by atoms with Crippen molar-refractivity contribution in [3.63, 3.8) is 0 Å². The summed E-state index contributed by atoms with van der Waals surface area (Å²) >= 11 is 6.09. The highest BCUT2D eigenvalue weighted by atomic mass is 35.5. The quantitative estimate of drug-likeness (QED) is 0.891. The Morgan fingerprint density at radius 1 is 1.53 bits per heavy atom. The van der Waals surface area contributed by atoms with Crippen LogP contribution in [0.1, 0.15) is 32.7 Å². The molecule has 2 saturated carbocycles. The molecule has 6 heteroatoms. The smallest absolute Gasteiger partial charge is 0.229 e. The highest BCUT2D eigenvalue weighted by Crippen LogP contribution is 2.54. The third-order valence-corrected chi connectivity index (χ3v) is 4.56. The summed E-state index contributed by atoms with van der Waals surface area (Å²) in [5.41, 5.74) is 5.99. The first-order chi connectivity index (χ1) is 8.97. The summed E-state index contributed by atoms with van der Waals surface area (Å²) < 4.78 is 1.75. The van der Waals surface area contributed by atoms with E-state index in [1.165, 1.54) is 0 Å². The van der Waals surface area contributed by atoms with Gasteiger partial charge < -0.3 is 11.1 Å². The van der Waals surface area contributed by atoms with Crippen LogP contribution in [0.5, 0.6) is 0 Å². The van der Waals surface area contributed by atoms with Gasteiger partial charge in [0.15, 0.2) is 5.82 Å². The second-order valence-electron chi connectivity index (χ2n) is 5.96. The van der Waals surface area contributed by atoms with E-state index in [9.17, 15) is 4.79 Å². The van der Waals surface area contributed by atoms with Crippen LogP contribution in [0.4, 0.5) is 5.82 Å². The Morgan fingerprint density at radius 3 is 2.74 bits per heavy atom. The number of nitrogens with one attached hydrogen (secondary N) is 1. The van der Waals surface area contributed by atoms with Gasteiger partial charge in [0.2, 0.25) is 5.91 Å². The van der Waals surface area contributed by atoms with Crippen molar-refractivity contribution in [3.05, 3.63) is 11.2 Å². The summed E-state index contributed by atoms with van der Waals surface area (Å²) in [6.45, 7) is 4.03. The largest absolute Gasteiger partial charge is 0.327 e. The van der Waals surface area contributed by atoms with Crippen LogP contribution < -0.4 is 11.1 Å². The summed E-state index contributed by atoms with van der Waals surface area (Å²) in [6.07, 6.45) is 3.61. The zero-order valence-electron chi connectivity index (χ0n) is 11.1. The van der Waals surface area contributed by atoms with E-state index >= 15 is 0 Å². The molecule has 0 aromatic carbocycles. The van der Waals surface area contributed by atoms with Gasteiger partial charge in [-0.3, -0.25) is 9.48 Å². The van der Waals surface area contributed by atoms with Crippen molar-refractivity contribution < 1.29 is 4.79 Å². The highest BCUT2D eigenvalue weighted by molar-refractivity contribution is 6.33. The van der Waals surface area contributed by atoms with Gasteiger partial charge in [-0.25, -0.2) is 0 Å². The maximum absolute atomic E-state index is 12.3. The second kappa shape index (κ2) is 4.49. The highest BCUT2D eigenvalue weighted by Gasteiger charge is 2.55. The molecule has 2 aliphatic rings. The molecule has 1 aromatic rings. The molecule has 4 atom stereocenters. The molecule has 0 spiro atoms. The Kier molecular flexibility index (Phi) is 3.06. The Balaban J connectivity index is 1.70. The van der Waals surface area contributed by atoms with Gasteiger partial charge in [-0.05, 0) is 38.5 Å². The van der Waals surface area contributed by atoms with E-state index in [-0.39, 0.29) is 23.9 Å². The van der Waals surface area contributed by atoms with Crippen molar-refractivity contribution in [2.45, 2.75) is 38.8 Å². The molecule has 0 unspecified atom stereocenters. The first-order valence-electron chi connectivity index (χ1n) is 6.78. The van der Waals surface area contributed by atoms with E-state index in [1.54, 1.807) is 10.9 Å². The van der Waals surface area contributed by atoms with Crippen LogP contribution in [0.3, 0.4) is 0 Å². The number of hydrogen-bond donors (Lipinski definition) is 2. The van der Waals surface area contributed by atoms with Crippen LogP contribution in [-0.2, 0) is 4.79 Å². The number of nitrogens with two attached hydrogens (primary N) is 1. The summed E-state index contributed by atoms with van der Waals surface area (Å²) in [5, 5.41) is 7.63. The van der Waals surface area contributed by atoms with Gasteiger partial charge in [0, 0.05) is 24.2 Å². The maximum atomic E-state index is 12.3. The number of hydrogen-bond acceptors (Lipinski definition) is 3. The topological polar surface area (TPSA) is 72.9 Å². The number of halogens is 1. The van der Waals surface area contributed by atoms with Crippen molar-refractivity contribution >= 4 is 23.3 Å². The summed E-state index contributed by atoms with van der Waals surface area (Å²) in [4.78, 5) is 12.3. The average molecular weight is 283 g/mol. The van der Waals surface area contributed by atoms with Gasteiger partial charge in [0.25, 0.3) is 0 Å². The van der Waals surface area contributed by atoms with Gasteiger partial charge in [-0.1, -0.05) is 11.6 Å². The normalized spacial score (nSPS) is 32.5. The molecule has 3 rings (SSSR count). The summed E-state index contributed by atoms with van der Waals surface area (Å²) in [5.74, 6) is 1.52. The zero-order chi connectivity index (χ0) is 13.7. The fourth-order valence-corrected chi connectivity index (χ4v) is 3.25. The summed E-state index contributed by atoms with van der Waals surface area (Å²) in [7, 11) is 0. The van der Waals surface area contributed by atoms with Gasteiger partial charge in [-0.15, -0.1) is 0 Å². The molecule has 0 aliphatic heterocycles. The van der Waals surface area contributed by atoms with Crippen LogP contribution >= 0.6 is 11.6 Å². The number of fused-ring (bicyclic) bond motifs is 1. The van der Waals surface area contributed by atoms with Crippen molar-refractivity contribution in [2.24, 2.45) is 23.5 Å². The van der Waals surface area contributed by atoms with Crippen molar-refractivity contribution in [2.75, 3.05) is 5.32 Å². The first kappa shape index (κ1) is 12.9. The van der Waals surface area contributed by atoms with Gasteiger partial charge in [0.05, 0.1) is 0 Å². The molecule has 2 aliphatic carbocycles. The Hall–Kier alpha value is -1.07. The Morgan fingerprint density at radius 2 is 2.26 bits per heavy atom. The molecule has 0 bridgehead atoms. The Bertz CT molecular complexity index is 513. The molecule has 0 saturated heterocycles. The van der Waals surface area contributed by atoms with E-state index in [0.717, 1.165) is 12.8 Å². The molecular formula is C13H19ClN4O. The SMILES string of the molecule is CC(C)n1cc(Cl)c(NC(=O)[C@@H]2C[C@H](N)[C@H]3C[C@H]32)n1. The minimum absolute atomic E-state index is 0.0105. The molecule has 19 heavy (non-hydrogen) atoms. The fourth-order valence-electron chi connectivity index (χ4n) is 3.06. The zero-order valence-corrected chi connectivity index (χ0v) is 11.9. The molecule has 0 radical (unpaired) electrons. The van der Waals surface area contributed by atoms with E-state index in [0.29, 0.717) is 22.7 Å². The molecule has 1 aromatic heterocycles. The lowest BCUT2D eigenvalue weighted by molar-refractivity contribution is -0.120. The second-order valence-corrected chi connectivity index (χ2v) is 6.37. The lowest BCUT2D eigenvalue weighted by Crippen LogP contribution is -2.27. The van der Waals surface area contributed by atoms with E-state index in [4.69, 9.17) is 17.3 Å². The molecule has 2 fully saturated rings. The number of anilines is 1. The van der Waals surface area contributed by atoms with E-state index in [2.05, 4.69) is 10.4 Å². The van der Waals surface area contributed by atoms with Crippen LogP contribution in [-0.4, -0.2) is 21.7 Å². The molecule has 104 valence electrons. The average Bonchev–Trinajstić information content (AvgIpc) is 2.96. The molecule has 5 nitrogen and oxygen atoms in total. The number of rotatable bonds is 3. The lowest BCUT2D eigenvalue weighted by Gasteiger charge is -2.12. The van der Waals surface area contributed by atoms with Crippen molar-refractivity contribution in [1.29, 1.82) is 0 Å². The monoisotopic (exact) mass is 282 g/mol. The number of carbonyl (C=O) groups is 1. The van der Waals surface area contributed by atoms with Crippen molar-refractivity contribution in [1.82, 2.24) is 9.78 Å². The predicted octanol–water partition coefficient (Wildman–Crippen LogP) is 2.04. The molecular weight excluding hydrogens is 264 g/mol. The number of aromatic nitrogens is 2. The van der Waals surface area contributed by atoms with E-state index < -0.39 is 0 Å². The maximum Gasteiger partial charge on any atom is 0.229 e. The van der Waals surface area contributed by atoms with Crippen LogP contribution in [0.25, 0.3) is 0 Å². The predicted molar refractivity (Wildman–Crippen MR) is 73.9 cm³/mol. The van der Waals surface area contributed by atoms with Gasteiger partial charge in [0.1, 0.15) is 5.02 Å².